The fourth-order valence-electron chi connectivity index (χ4n) is 1.85. The Morgan fingerprint density at radius 3 is 1.70 bits per heavy atom. The molecule has 0 radical (unpaired) electrons. The molecule has 2 aromatic rings. The Labute approximate surface area is 152 Å². The van der Waals surface area contributed by atoms with Gasteiger partial charge in [-0.1, -0.05) is 60.7 Å². The minimum absolute atomic E-state index is 0. The molecular formula is C15H16NNaOS2. The zero-order valence-corrected chi connectivity index (χ0v) is 15.1. The molecule has 0 aliphatic carbocycles. The molecule has 5 heteroatoms. The molecule has 2 aromatic carbocycles. The maximum absolute atomic E-state index is 11.9. The van der Waals surface area contributed by atoms with E-state index in [9.17, 15) is 4.79 Å². The van der Waals surface area contributed by atoms with Crippen LogP contribution in [0.1, 0.15) is 12.6 Å². The smallest absolute Gasteiger partial charge is 1.00 e. The van der Waals surface area contributed by atoms with Crippen LogP contribution in [0.25, 0.3) is 0 Å². The predicted molar refractivity (Wildman–Crippen MR) is 85.2 cm³/mol. The number of carbonyl (C=O) groups is 1. The summed E-state index contributed by atoms with van der Waals surface area (Å²) in [5, 5.41) is -0.0314. The van der Waals surface area contributed by atoms with Crippen molar-refractivity contribution >= 4 is 27.7 Å². The molecule has 0 aromatic heterocycles. The first-order valence-electron chi connectivity index (χ1n) is 5.98. The molecular weight excluding hydrogens is 297 g/mol. The molecule has 0 N–H and O–H groups in total. The van der Waals surface area contributed by atoms with Gasteiger partial charge in [-0.05, 0) is 11.1 Å². The van der Waals surface area contributed by atoms with Crippen LogP contribution in [-0.2, 0) is 13.1 Å². The Bertz CT molecular complexity index is 486. The van der Waals surface area contributed by atoms with Gasteiger partial charge in [0.25, 0.3) is 5.24 Å². The van der Waals surface area contributed by atoms with Crippen LogP contribution in [0.15, 0.2) is 60.7 Å². The number of hydrogen-bond acceptors (Lipinski definition) is 3. The zero-order valence-electron chi connectivity index (χ0n) is 12.4. The first kappa shape index (κ1) is 17.7. The van der Waals surface area contributed by atoms with E-state index in [1.807, 2.05) is 60.7 Å². The molecule has 0 aliphatic heterocycles. The van der Waals surface area contributed by atoms with Gasteiger partial charge in [-0.3, -0.25) is 4.79 Å². The summed E-state index contributed by atoms with van der Waals surface area (Å²) in [4.78, 5) is 13.7. The van der Waals surface area contributed by atoms with Gasteiger partial charge in [0.2, 0.25) is 0 Å². The van der Waals surface area contributed by atoms with Crippen molar-refractivity contribution < 1.29 is 35.8 Å². The van der Waals surface area contributed by atoms with Gasteiger partial charge < -0.3 is 6.33 Å². The zero-order chi connectivity index (χ0) is 13.5. The van der Waals surface area contributed by atoms with Gasteiger partial charge in [0.05, 0.1) is 0 Å². The van der Waals surface area contributed by atoms with Crippen LogP contribution in [0.3, 0.4) is 0 Å². The molecule has 2 nitrogen and oxygen atoms in total. The van der Waals surface area contributed by atoms with Crippen molar-refractivity contribution in [1.29, 1.82) is 0 Å². The minimum atomic E-state index is -0.0314. The van der Waals surface area contributed by atoms with Gasteiger partial charge in [0, 0.05) is 23.9 Å². The molecule has 0 saturated heterocycles. The van der Waals surface area contributed by atoms with Crippen molar-refractivity contribution in [3.63, 3.8) is 0 Å². The topological polar surface area (TPSA) is 20.3 Å². The number of hydrogen-bond donors (Lipinski definition) is 1. The fraction of sp³-hybridized carbons (Fsp3) is 0.133. The third-order valence-corrected chi connectivity index (χ3v) is 3.65. The summed E-state index contributed by atoms with van der Waals surface area (Å²) in [6, 6.07) is 20.0. The number of rotatable bonds is 4. The van der Waals surface area contributed by atoms with E-state index < -0.39 is 0 Å². The fourth-order valence-corrected chi connectivity index (χ4v) is 2.44. The van der Waals surface area contributed by atoms with Crippen molar-refractivity contribution in [2.75, 3.05) is 0 Å². The van der Waals surface area contributed by atoms with Gasteiger partial charge >= 0.3 is 29.6 Å². The summed E-state index contributed by atoms with van der Waals surface area (Å²) in [7, 11) is 0.953. The van der Waals surface area contributed by atoms with Crippen LogP contribution >= 0.6 is 22.5 Å². The van der Waals surface area contributed by atoms with E-state index in [2.05, 4.69) is 11.7 Å². The van der Waals surface area contributed by atoms with Crippen LogP contribution < -0.4 is 29.6 Å². The van der Waals surface area contributed by atoms with Gasteiger partial charge in [-0.2, -0.15) is 0 Å². The standard InChI is InChI=1S/C15H15NOS2.Na.H/c17-15(19-18)16(11-13-7-3-1-4-8-13)12-14-9-5-2-6-10-14;;/h1-10,18H,11-12H2;;/q;+1;-1. The Balaban J connectivity index is 0.00000200. The van der Waals surface area contributed by atoms with Crippen molar-refractivity contribution in [3.8, 4) is 0 Å². The largest absolute Gasteiger partial charge is 1.00 e. The Hall–Kier alpha value is -0.390. The van der Waals surface area contributed by atoms with E-state index in [4.69, 9.17) is 0 Å². The molecule has 0 unspecified atom stereocenters. The summed E-state index contributed by atoms with van der Waals surface area (Å²) < 4.78 is 0. The molecule has 0 saturated carbocycles. The Morgan fingerprint density at radius 2 is 1.35 bits per heavy atom. The van der Waals surface area contributed by atoms with Crippen LogP contribution in [-0.4, -0.2) is 10.1 Å². The van der Waals surface area contributed by atoms with Gasteiger partial charge in [0.1, 0.15) is 0 Å². The number of nitrogens with zero attached hydrogens (tertiary/aromatic N) is 1. The van der Waals surface area contributed by atoms with Gasteiger partial charge in [-0.25, -0.2) is 0 Å². The van der Waals surface area contributed by atoms with E-state index >= 15 is 0 Å². The number of benzene rings is 2. The average molecular weight is 313 g/mol. The first-order chi connectivity index (χ1) is 9.29. The summed E-state index contributed by atoms with van der Waals surface area (Å²) in [6.07, 6.45) is 0. The second kappa shape index (κ2) is 9.53. The maximum atomic E-state index is 11.9. The quantitative estimate of drug-likeness (QED) is 0.524. The van der Waals surface area contributed by atoms with Crippen molar-refractivity contribution in [1.82, 2.24) is 4.90 Å². The summed E-state index contributed by atoms with van der Waals surface area (Å²) in [5.74, 6) is 0. The molecule has 0 aliphatic rings. The third kappa shape index (κ3) is 5.54. The van der Waals surface area contributed by atoms with Gasteiger partial charge in [-0.15, -0.1) is 11.7 Å². The summed E-state index contributed by atoms with van der Waals surface area (Å²) in [6.45, 7) is 1.20. The van der Waals surface area contributed by atoms with Gasteiger partial charge in [0.15, 0.2) is 0 Å². The van der Waals surface area contributed by atoms with Crippen LogP contribution in [0, 0.1) is 0 Å². The SMILES string of the molecule is O=C(SS)N(Cc1ccccc1)Cc1ccccc1.[H-].[Na+]. The van der Waals surface area contributed by atoms with E-state index in [0.717, 1.165) is 21.9 Å². The predicted octanol–water partition coefficient (Wildman–Crippen LogP) is 1.50. The second-order valence-electron chi connectivity index (χ2n) is 4.18. The number of thiol groups is 1. The normalized spacial score (nSPS) is 9.65. The van der Waals surface area contributed by atoms with E-state index in [1.54, 1.807) is 4.90 Å². The van der Waals surface area contributed by atoms with Crippen molar-refractivity contribution in [2.24, 2.45) is 0 Å². The van der Waals surface area contributed by atoms with Crippen LogP contribution in [0.5, 0.6) is 0 Å². The maximum Gasteiger partial charge on any atom is 1.00 e. The van der Waals surface area contributed by atoms with E-state index in [0.29, 0.717) is 13.1 Å². The van der Waals surface area contributed by atoms with Crippen molar-refractivity contribution in [3.05, 3.63) is 71.8 Å². The minimum Gasteiger partial charge on any atom is -1.00 e. The molecule has 1 amide bonds. The number of amides is 1. The summed E-state index contributed by atoms with van der Waals surface area (Å²) in [5.41, 5.74) is 2.24. The third-order valence-electron chi connectivity index (χ3n) is 2.77. The number of carbonyl (C=O) groups excluding carboxylic acids is 1. The van der Waals surface area contributed by atoms with E-state index in [-0.39, 0.29) is 36.2 Å². The summed E-state index contributed by atoms with van der Waals surface area (Å²) >= 11 is 4.01. The molecule has 2 rings (SSSR count). The van der Waals surface area contributed by atoms with Crippen LogP contribution in [0.4, 0.5) is 4.79 Å². The molecule has 0 heterocycles. The monoisotopic (exact) mass is 313 g/mol. The van der Waals surface area contributed by atoms with Crippen molar-refractivity contribution in [2.45, 2.75) is 13.1 Å². The van der Waals surface area contributed by atoms with Crippen LogP contribution in [0.2, 0.25) is 0 Å². The second-order valence-corrected chi connectivity index (χ2v) is 5.26. The average Bonchev–Trinajstić information content (AvgIpc) is 2.48. The molecule has 0 bridgehead atoms. The van der Waals surface area contributed by atoms with E-state index in [1.165, 1.54) is 0 Å². The molecule has 100 valence electrons. The first-order valence-corrected chi connectivity index (χ1v) is 7.84. The Morgan fingerprint density at radius 1 is 0.950 bits per heavy atom. The molecule has 0 atom stereocenters. The Kier molecular flexibility index (Phi) is 8.41. The molecule has 0 spiro atoms. The molecule has 0 fully saturated rings. The molecule has 20 heavy (non-hydrogen) atoms.